The SMILES string of the molecule is Cc1cn(-c2ccc(C(=O)c3cc(F)cn(C4CCOc5ccc(F)cc54)c3=O)cc2C)cn1. The average molecular weight is 461 g/mol. The van der Waals surface area contributed by atoms with Gasteiger partial charge in [-0.15, -0.1) is 0 Å². The van der Waals surface area contributed by atoms with E-state index in [1.165, 1.54) is 22.8 Å². The van der Waals surface area contributed by atoms with Crippen molar-refractivity contribution in [2.45, 2.75) is 26.3 Å². The van der Waals surface area contributed by atoms with Crippen LogP contribution in [0.5, 0.6) is 5.75 Å². The van der Waals surface area contributed by atoms with E-state index in [4.69, 9.17) is 4.74 Å². The molecule has 1 unspecified atom stereocenters. The number of hydrogen-bond acceptors (Lipinski definition) is 4. The second-order valence-electron chi connectivity index (χ2n) is 8.37. The highest BCUT2D eigenvalue weighted by Crippen LogP contribution is 2.34. The van der Waals surface area contributed by atoms with Crippen molar-refractivity contribution in [1.82, 2.24) is 14.1 Å². The Morgan fingerprint density at radius 3 is 2.62 bits per heavy atom. The first-order chi connectivity index (χ1) is 16.3. The molecule has 5 rings (SSSR count). The fourth-order valence-electron chi connectivity index (χ4n) is 4.39. The van der Waals surface area contributed by atoms with E-state index >= 15 is 0 Å². The lowest BCUT2D eigenvalue weighted by Crippen LogP contribution is -2.33. The Labute approximate surface area is 194 Å². The van der Waals surface area contributed by atoms with Gasteiger partial charge in [0.1, 0.15) is 17.4 Å². The molecule has 1 atom stereocenters. The molecule has 2 aromatic carbocycles. The van der Waals surface area contributed by atoms with Crippen molar-refractivity contribution in [2.24, 2.45) is 0 Å². The van der Waals surface area contributed by atoms with Gasteiger partial charge in [-0.3, -0.25) is 9.59 Å². The van der Waals surface area contributed by atoms with Gasteiger partial charge in [0.2, 0.25) is 0 Å². The fourth-order valence-corrected chi connectivity index (χ4v) is 4.39. The number of imidazole rings is 1. The summed E-state index contributed by atoms with van der Waals surface area (Å²) in [6.07, 6.45) is 4.94. The number of fused-ring (bicyclic) bond motifs is 1. The van der Waals surface area contributed by atoms with E-state index < -0.39 is 29.0 Å². The second-order valence-corrected chi connectivity index (χ2v) is 8.37. The number of ketones is 1. The monoisotopic (exact) mass is 461 g/mol. The zero-order chi connectivity index (χ0) is 24.0. The van der Waals surface area contributed by atoms with Crippen molar-refractivity contribution in [2.75, 3.05) is 6.61 Å². The molecular weight excluding hydrogens is 440 g/mol. The van der Waals surface area contributed by atoms with Crippen LogP contribution in [0.3, 0.4) is 0 Å². The lowest BCUT2D eigenvalue weighted by atomic mass is 9.98. The molecule has 1 aliphatic heterocycles. The van der Waals surface area contributed by atoms with Gasteiger partial charge in [-0.25, -0.2) is 13.8 Å². The zero-order valence-corrected chi connectivity index (χ0v) is 18.6. The van der Waals surface area contributed by atoms with Crippen molar-refractivity contribution < 1.29 is 18.3 Å². The highest BCUT2D eigenvalue weighted by atomic mass is 19.1. The number of pyridine rings is 1. The number of halogens is 2. The van der Waals surface area contributed by atoms with Gasteiger partial charge in [0, 0.05) is 35.6 Å². The normalized spacial score (nSPS) is 15.0. The summed E-state index contributed by atoms with van der Waals surface area (Å²) in [7, 11) is 0. The van der Waals surface area contributed by atoms with Crippen molar-refractivity contribution in [1.29, 1.82) is 0 Å². The summed E-state index contributed by atoms with van der Waals surface area (Å²) in [5.74, 6) is -1.36. The van der Waals surface area contributed by atoms with Gasteiger partial charge >= 0.3 is 0 Å². The number of ether oxygens (including phenoxy) is 1. The Morgan fingerprint density at radius 1 is 1.06 bits per heavy atom. The van der Waals surface area contributed by atoms with Gasteiger partial charge in [0.05, 0.1) is 30.2 Å². The zero-order valence-electron chi connectivity index (χ0n) is 18.6. The molecule has 172 valence electrons. The summed E-state index contributed by atoms with van der Waals surface area (Å²) in [4.78, 5) is 30.8. The third-order valence-electron chi connectivity index (χ3n) is 6.02. The third-order valence-corrected chi connectivity index (χ3v) is 6.02. The molecule has 0 aliphatic carbocycles. The maximum atomic E-state index is 14.6. The molecule has 4 aromatic rings. The Balaban J connectivity index is 1.55. The molecular formula is C26H21F2N3O3. The topological polar surface area (TPSA) is 66.1 Å². The second kappa shape index (κ2) is 8.37. The summed E-state index contributed by atoms with van der Waals surface area (Å²) < 4.78 is 37.1. The number of carbonyl (C=O) groups excluding carboxylic acids is 1. The number of aromatic nitrogens is 3. The van der Waals surface area contributed by atoms with Gasteiger partial charge in [0.25, 0.3) is 5.56 Å². The number of benzene rings is 2. The van der Waals surface area contributed by atoms with Crippen LogP contribution in [0.1, 0.15) is 45.2 Å². The summed E-state index contributed by atoms with van der Waals surface area (Å²) in [5, 5.41) is 0. The largest absolute Gasteiger partial charge is 0.493 e. The Morgan fingerprint density at radius 2 is 1.88 bits per heavy atom. The van der Waals surface area contributed by atoms with E-state index in [0.717, 1.165) is 29.2 Å². The number of rotatable bonds is 4. The van der Waals surface area contributed by atoms with E-state index in [2.05, 4.69) is 4.98 Å². The first kappa shape index (κ1) is 21.8. The summed E-state index contributed by atoms with van der Waals surface area (Å²) in [6, 6.07) is 9.37. The lowest BCUT2D eigenvalue weighted by Gasteiger charge is -2.27. The number of nitrogens with zero attached hydrogens (tertiary/aromatic N) is 3. The van der Waals surface area contributed by atoms with Crippen LogP contribution in [0, 0.1) is 25.5 Å². The number of hydrogen-bond donors (Lipinski definition) is 0. The predicted molar refractivity (Wildman–Crippen MR) is 122 cm³/mol. The van der Waals surface area contributed by atoms with E-state index in [0.29, 0.717) is 17.7 Å². The van der Waals surface area contributed by atoms with Crippen LogP contribution in [0.2, 0.25) is 0 Å². The van der Waals surface area contributed by atoms with Crippen LogP contribution in [0.4, 0.5) is 8.78 Å². The standard InChI is InChI=1S/C26H21F2N3O3/c1-15-9-17(3-5-22(15)30-12-16(2)29-14-30)25(32)21-11-19(28)13-31(26(21)33)23-7-8-34-24-6-4-18(27)10-20(23)24/h3-6,9-14,23H,7-8H2,1-2H3. The Hall–Kier alpha value is -4.07. The van der Waals surface area contributed by atoms with E-state index in [1.54, 1.807) is 24.5 Å². The average Bonchev–Trinajstić information content (AvgIpc) is 3.25. The summed E-state index contributed by atoms with van der Waals surface area (Å²) in [5.41, 5.74) is 2.28. The maximum absolute atomic E-state index is 14.6. The van der Waals surface area contributed by atoms with Gasteiger partial charge in [-0.1, -0.05) is 0 Å². The first-order valence-electron chi connectivity index (χ1n) is 10.8. The highest BCUT2D eigenvalue weighted by molar-refractivity contribution is 6.09. The van der Waals surface area contributed by atoms with Gasteiger partial charge in [0.15, 0.2) is 5.78 Å². The molecule has 3 heterocycles. The van der Waals surface area contributed by atoms with Gasteiger partial charge in [-0.05, 0) is 61.9 Å². The summed E-state index contributed by atoms with van der Waals surface area (Å²) >= 11 is 0. The molecule has 1 aliphatic rings. The number of carbonyl (C=O) groups is 1. The molecule has 0 spiro atoms. The predicted octanol–water partition coefficient (Wildman–Crippen LogP) is 4.53. The third kappa shape index (κ3) is 3.81. The van der Waals surface area contributed by atoms with E-state index in [-0.39, 0.29) is 17.7 Å². The van der Waals surface area contributed by atoms with Gasteiger partial charge < -0.3 is 13.9 Å². The molecule has 0 fully saturated rings. The summed E-state index contributed by atoms with van der Waals surface area (Å²) in [6.45, 7) is 4.01. The molecule has 0 saturated carbocycles. The Bertz CT molecular complexity index is 1490. The van der Waals surface area contributed by atoms with Crippen LogP contribution in [-0.2, 0) is 0 Å². The van der Waals surface area contributed by atoms with E-state index in [1.807, 2.05) is 24.6 Å². The lowest BCUT2D eigenvalue weighted by molar-refractivity contribution is 0.103. The van der Waals surface area contributed by atoms with Crippen LogP contribution >= 0.6 is 0 Å². The fraction of sp³-hybridized carbons (Fsp3) is 0.192. The highest BCUT2D eigenvalue weighted by Gasteiger charge is 2.27. The van der Waals surface area contributed by atoms with Crippen LogP contribution in [0.15, 0.2) is 66.0 Å². The molecule has 0 N–H and O–H groups in total. The maximum Gasteiger partial charge on any atom is 0.262 e. The molecule has 34 heavy (non-hydrogen) atoms. The minimum absolute atomic E-state index is 0.269. The molecule has 8 heteroatoms. The molecule has 0 amide bonds. The van der Waals surface area contributed by atoms with Crippen LogP contribution in [-0.4, -0.2) is 26.5 Å². The van der Waals surface area contributed by atoms with Crippen molar-refractivity contribution >= 4 is 5.78 Å². The molecule has 2 aromatic heterocycles. The molecule has 0 saturated heterocycles. The molecule has 0 bridgehead atoms. The quantitative estimate of drug-likeness (QED) is 0.419. The van der Waals surface area contributed by atoms with Crippen LogP contribution in [0.25, 0.3) is 5.69 Å². The molecule has 6 nitrogen and oxygen atoms in total. The van der Waals surface area contributed by atoms with Crippen molar-refractivity contribution in [3.8, 4) is 11.4 Å². The first-order valence-corrected chi connectivity index (χ1v) is 10.8. The van der Waals surface area contributed by atoms with Crippen LogP contribution < -0.4 is 10.3 Å². The molecule has 0 radical (unpaired) electrons. The van der Waals surface area contributed by atoms with Gasteiger partial charge in [-0.2, -0.15) is 0 Å². The van der Waals surface area contributed by atoms with Crippen molar-refractivity contribution in [3.63, 3.8) is 0 Å². The van der Waals surface area contributed by atoms with E-state index in [9.17, 15) is 18.4 Å². The van der Waals surface area contributed by atoms with Crippen molar-refractivity contribution in [3.05, 3.63) is 111 Å². The minimum atomic E-state index is -0.727. The Kier molecular flexibility index (Phi) is 5.36. The minimum Gasteiger partial charge on any atom is -0.493 e. The number of aryl methyl sites for hydroxylation is 2. The smallest absolute Gasteiger partial charge is 0.262 e.